The second-order valence-corrected chi connectivity index (χ2v) is 7.41. The molecule has 1 saturated heterocycles. The highest BCUT2D eigenvalue weighted by atomic mass is 35.5. The monoisotopic (exact) mass is 399 g/mol. The van der Waals surface area contributed by atoms with Crippen LogP contribution < -0.4 is 10.6 Å². The molecule has 0 spiro atoms. The molecular weight excluding hydrogens is 378 g/mol. The van der Waals surface area contributed by atoms with Crippen LogP contribution in [0.2, 0.25) is 5.02 Å². The molecule has 0 unspecified atom stereocenters. The molecule has 0 saturated carbocycles. The van der Waals surface area contributed by atoms with Gasteiger partial charge in [-0.15, -0.1) is 0 Å². The minimum atomic E-state index is -0.901. The Labute approximate surface area is 161 Å². The largest absolute Gasteiger partial charge is 0.394 e. The number of halogens is 1. The molecule has 0 radical (unpaired) electrons. The first-order valence-electron chi connectivity index (χ1n) is 8.20. The first-order chi connectivity index (χ1) is 12.4. The Bertz CT molecular complexity index is 673. The predicted octanol–water partition coefficient (Wildman–Crippen LogP) is 1.38. The number of amides is 4. The molecule has 26 heavy (non-hydrogen) atoms. The number of thioether (sulfide) groups is 1. The van der Waals surface area contributed by atoms with E-state index in [9.17, 15) is 19.5 Å². The molecule has 4 amide bonds. The first-order valence-corrected chi connectivity index (χ1v) is 9.97. The zero-order chi connectivity index (χ0) is 19.1. The van der Waals surface area contributed by atoms with Gasteiger partial charge < -0.3 is 15.7 Å². The van der Waals surface area contributed by atoms with E-state index in [4.69, 9.17) is 11.6 Å². The Kier molecular flexibility index (Phi) is 7.74. The highest BCUT2D eigenvalue weighted by Crippen LogP contribution is 2.17. The van der Waals surface area contributed by atoms with Crippen molar-refractivity contribution < 1.29 is 19.5 Å². The molecule has 142 valence electrons. The van der Waals surface area contributed by atoms with Crippen molar-refractivity contribution in [3.63, 3.8) is 0 Å². The first kappa shape index (κ1) is 20.5. The van der Waals surface area contributed by atoms with Gasteiger partial charge in [-0.25, -0.2) is 4.79 Å². The Balaban J connectivity index is 1.92. The number of carbonyl (C=O) groups is 3. The molecule has 1 aromatic carbocycles. The number of imide groups is 1. The molecule has 2 atom stereocenters. The maximum absolute atomic E-state index is 12.4. The Morgan fingerprint density at radius 2 is 2.23 bits per heavy atom. The van der Waals surface area contributed by atoms with Gasteiger partial charge >= 0.3 is 6.03 Å². The summed E-state index contributed by atoms with van der Waals surface area (Å²) in [5.41, 5.74) is 0.725. The van der Waals surface area contributed by atoms with Crippen LogP contribution in [0.25, 0.3) is 0 Å². The van der Waals surface area contributed by atoms with E-state index in [-0.39, 0.29) is 31.5 Å². The fraction of sp³-hybridized carbons (Fsp3) is 0.471. The lowest BCUT2D eigenvalue weighted by molar-refractivity contribution is -0.131. The lowest BCUT2D eigenvalue weighted by Crippen LogP contribution is -2.42. The summed E-state index contributed by atoms with van der Waals surface area (Å²) in [7, 11) is 0. The summed E-state index contributed by atoms with van der Waals surface area (Å²) in [6.45, 7) is -0.0749. The highest BCUT2D eigenvalue weighted by Gasteiger charge is 2.39. The van der Waals surface area contributed by atoms with Crippen molar-refractivity contribution in [3.05, 3.63) is 34.9 Å². The van der Waals surface area contributed by atoms with E-state index in [1.807, 2.05) is 6.26 Å². The molecule has 3 N–H and O–H groups in total. The molecule has 1 aliphatic rings. The fourth-order valence-corrected chi connectivity index (χ4v) is 3.36. The summed E-state index contributed by atoms with van der Waals surface area (Å²) in [4.78, 5) is 37.7. The average molecular weight is 400 g/mol. The van der Waals surface area contributed by atoms with Crippen molar-refractivity contribution in [2.75, 3.05) is 18.6 Å². The van der Waals surface area contributed by atoms with E-state index >= 15 is 0 Å². The molecule has 1 fully saturated rings. The van der Waals surface area contributed by atoms with E-state index in [0.29, 0.717) is 11.4 Å². The molecule has 1 aromatic rings. The van der Waals surface area contributed by atoms with Gasteiger partial charge in [0.15, 0.2) is 0 Å². The van der Waals surface area contributed by atoms with Crippen molar-refractivity contribution >= 4 is 41.2 Å². The number of urea groups is 1. The molecule has 9 heteroatoms. The van der Waals surface area contributed by atoms with Gasteiger partial charge in [0.05, 0.1) is 25.6 Å². The van der Waals surface area contributed by atoms with Crippen LogP contribution in [0.3, 0.4) is 0 Å². The molecule has 0 aromatic heterocycles. The van der Waals surface area contributed by atoms with Crippen LogP contribution in [0.4, 0.5) is 4.79 Å². The summed E-state index contributed by atoms with van der Waals surface area (Å²) < 4.78 is 0. The topological polar surface area (TPSA) is 98.7 Å². The number of aliphatic hydroxyl groups excluding tert-OH is 1. The van der Waals surface area contributed by atoms with Crippen LogP contribution in [0.1, 0.15) is 18.4 Å². The fourth-order valence-electron chi connectivity index (χ4n) is 2.62. The SMILES string of the molecule is CSCC[C@H](CO)NC(=O)C[C@@H]1NC(=O)N(Cc2cccc(Cl)c2)C1=O. The number of hydrogen-bond donors (Lipinski definition) is 3. The van der Waals surface area contributed by atoms with Gasteiger partial charge in [-0.1, -0.05) is 23.7 Å². The zero-order valence-electron chi connectivity index (χ0n) is 14.4. The van der Waals surface area contributed by atoms with E-state index in [1.165, 1.54) is 0 Å². The van der Waals surface area contributed by atoms with Crippen molar-refractivity contribution in [2.45, 2.75) is 31.5 Å². The Morgan fingerprint density at radius 3 is 2.88 bits per heavy atom. The summed E-state index contributed by atoms with van der Waals surface area (Å²) in [5.74, 6) is -0.0268. The van der Waals surface area contributed by atoms with Crippen molar-refractivity contribution in [1.82, 2.24) is 15.5 Å². The summed E-state index contributed by atoms with van der Waals surface area (Å²) in [6, 6.07) is 5.10. The molecule has 1 heterocycles. The van der Waals surface area contributed by atoms with Crippen LogP contribution in [0.15, 0.2) is 24.3 Å². The third kappa shape index (κ3) is 5.62. The van der Waals surface area contributed by atoms with Crippen molar-refractivity contribution in [3.8, 4) is 0 Å². The molecule has 0 aliphatic carbocycles. The summed E-state index contributed by atoms with van der Waals surface area (Å²) in [6.07, 6.45) is 2.42. The van der Waals surface area contributed by atoms with Crippen LogP contribution in [0.5, 0.6) is 0 Å². The van der Waals surface area contributed by atoms with Crippen LogP contribution in [0, 0.1) is 0 Å². The minimum absolute atomic E-state index is 0.0936. The molecule has 1 aliphatic heterocycles. The standard InChI is InChI=1S/C17H22ClN3O4S/c1-26-6-5-13(10-22)19-15(23)8-14-16(24)21(17(25)20-14)9-11-3-2-4-12(18)7-11/h2-4,7,13-14,22H,5-6,8-10H2,1H3,(H,19,23)(H,20,25)/t13-,14+/m1/s1. The minimum Gasteiger partial charge on any atom is -0.394 e. The van der Waals surface area contributed by atoms with Crippen LogP contribution >= 0.6 is 23.4 Å². The highest BCUT2D eigenvalue weighted by molar-refractivity contribution is 7.98. The van der Waals surface area contributed by atoms with Crippen molar-refractivity contribution in [2.24, 2.45) is 0 Å². The molecule has 2 rings (SSSR count). The second kappa shape index (κ2) is 9.80. The quantitative estimate of drug-likeness (QED) is 0.545. The predicted molar refractivity (Wildman–Crippen MR) is 101 cm³/mol. The van der Waals surface area contributed by atoms with Crippen LogP contribution in [-0.4, -0.2) is 58.6 Å². The summed E-state index contributed by atoms with van der Waals surface area (Å²) >= 11 is 7.54. The molecule has 7 nitrogen and oxygen atoms in total. The van der Waals surface area contributed by atoms with Gasteiger partial charge in [0.25, 0.3) is 5.91 Å². The van der Waals surface area contributed by atoms with Crippen molar-refractivity contribution in [1.29, 1.82) is 0 Å². The van der Waals surface area contributed by atoms with Crippen LogP contribution in [-0.2, 0) is 16.1 Å². The number of rotatable bonds is 9. The maximum atomic E-state index is 12.4. The number of nitrogens with zero attached hydrogens (tertiary/aromatic N) is 1. The summed E-state index contributed by atoms with van der Waals surface area (Å²) in [5, 5.41) is 15.0. The second-order valence-electron chi connectivity index (χ2n) is 5.99. The number of benzene rings is 1. The van der Waals surface area contributed by atoms with Gasteiger partial charge in [-0.2, -0.15) is 11.8 Å². The van der Waals surface area contributed by atoms with E-state index < -0.39 is 18.0 Å². The number of nitrogens with one attached hydrogen (secondary N) is 2. The average Bonchev–Trinajstić information content (AvgIpc) is 2.86. The number of hydrogen-bond acceptors (Lipinski definition) is 5. The van der Waals surface area contributed by atoms with E-state index in [0.717, 1.165) is 16.2 Å². The maximum Gasteiger partial charge on any atom is 0.325 e. The Morgan fingerprint density at radius 1 is 1.46 bits per heavy atom. The number of aliphatic hydroxyl groups is 1. The smallest absolute Gasteiger partial charge is 0.325 e. The van der Waals surface area contributed by atoms with Gasteiger partial charge in [0.2, 0.25) is 5.91 Å². The van der Waals surface area contributed by atoms with E-state index in [2.05, 4.69) is 10.6 Å². The molecular formula is C17H22ClN3O4S. The van der Waals surface area contributed by atoms with Gasteiger partial charge in [-0.3, -0.25) is 14.5 Å². The normalized spacial score (nSPS) is 18.0. The third-order valence-electron chi connectivity index (χ3n) is 3.98. The lowest BCUT2D eigenvalue weighted by Gasteiger charge is -2.17. The third-order valence-corrected chi connectivity index (χ3v) is 4.86. The van der Waals surface area contributed by atoms with E-state index in [1.54, 1.807) is 36.0 Å². The van der Waals surface area contributed by atoms with Gasteiger partial charge in [0.1, 0.15) is 6.04 Å². The Hall–Kier alpha value is -1.77. The van der Waals surface area contributed by atoms with Gasteiger partial charge in [0, 0.05) is 5.02 Å². The number of carbonyl (C=O) groups excluding carboxylic acids is 3. The zero-order valence-corrected chi connectivity index (χ0v) is 16.0. The molecule has 0 bridgehead atoms. The lowest BCUT2D eigenvalue weighted by atomic mass is 10.1. The van der Waals surface area contributed by atoms with Gasteiger partial charge in [-0.05, 0) is 36.1 Å².